The Morgan fingerprint density at radius 2 is 1.72 bits per heavy atom. The summed E-state index contributed by atoms with van der Waals surface area (Å²) in [5, 5.41) is 2.30. The van der Waals surface area contributed by atoms with Crippen molar-refractivity contribution < 1.29 is 18.6 Å². The number of halogens is 1. The number of ether oxygens (including phenoxy) is 3. The molecule has 0 spiro atoms. The molecule has 0 saturated heterocycles. The molecule has 0 amide bonds. The summed E-state index contributed by atoms with van der Waals surface area (Å²) < 4.78 is 22.8. The topological polar surface area (TPSA) is 53.2 Å². The summed E-state index contributed by atoms with van der Waals surface area (Å²) in [5.41, 5.74) is 3.37. The Labute approximate surface area is 191 Å². The van der Waals surface area contributed by atoms with Gasteiger partial charge in [-0.05, 0) is 74.0 Å². The van der Waals surface area contributed by atoms with E-state index in [1.807, 2.05) is 74.5 Å². The highest BCUT2D eigenvalue weighted by Crippen LogP contribution is 2.33. The summed E-state index contributed by atoms with van der Waals surface area (Å²) in [6.07, 6.45) is 0. The van der Waals surface area contributed by atoms with Crippen LogP contribution in [0.4, 0.5) is 5.69 Å². The van der Waals surface area contributed by atoms with Crippen molar-refractivity contribution in [3.8, 4) is 28.6 Å². The van der Waals surface area contributed by atoms with Gasteiger partial charge in [-0.15, -0.1) is 0 Å². The first-order chi connectivity index (χ1) is 15.5. The maximum atomic E-state index is 6.25. The second-order valence-electron chi connectivity index (χ2n) is 7.20. The van der Waals surface area contributed by atoms with E-state index >= 15 is 0 Å². The highest BCUT2D eigenvalue weighted by atomic mass is 35.5. The van der Waals surface area contributed by atoms with E-state index in [4.69, 9.17) is 35.2 Å². The molecule has 6 heteroatoms. The van der Waals surface area contributed by atoms with Gasteiger partial charge in [-0.1, -0.05) is 11.6 Å². The first-order valence-corrected chi connectivity index (χ1v) is 10.6. The zero-order valence-corrected chi connectivity index (χ0v) is 19.2. The number of hydrogen-bond acceptors (Lipinski definition) is 5. The van der Waals surface area contributed by atoms with E-state index in [1.165, 1.54) is 0 Å². The van der Waals surface area contributed by atoms with Crippen LogP contribution in [-0.4, -0.2) is 20.8 Å². The van der Waals surface area contributed by atoms with Gasteiger partial charge in [0.25, 0.3) is 0 Å². The Morgan fingerprint density at radius 1 is 0.906 bits per heavy atom. The summed E-state index contributed by atoms with van der Waals surface area (Å²) in [7, 11) is 3.22. The maximum absolute atomic E-state index is 6.25. The molecule has 0 unspecified atom stereocenters. The number of methoxy groups -OCH3 is 2. The van der Waals surface area contributed by atoms with Crippen LogP contribution >= 0.6 is 11.6 Å². The predicted octanol–water partition coefficient (Wildman–Crippen LogP) is 6.71. The van der Waals surface area contributed by atoms with E-state index in [-0.39, 0.29) is 0 Å². The van der Waals surface area contributed by atoms with E-state index < -0.39 is 0 Å². The largest absolute Gasteiger partial charge is 0.494 e. The van der Waals surface area contributed by atoms with Crippen LogP contribution in [-0.2, 0) is 0 Å². The lowest BCUT2D eigenvalue weighted by Crippen LogP contribution is -2.04. The number of rotatable bonds is 6. The van der Waals surface area contributed by atoms with Gasteiger partial charge in [0.05, 0.1) is 31.9 Å². The fourth-order valence-electron chi connectivity index (χ4n) is 3.50. The van der Waals surface area contributed by atoms with E-state index in [2.05, 4.69) is 0 Å². The minimum atomic E-state index is 0.579. The van der Waals surface area contributed by atoms with Crippen molar-refractivity contribution in [2.75, 3.05) is 20.8 Å². The highest BCUT2D eigenvalue weighted by molar-refractivity contribution is 6.30. The molecule has 0 N–H and O–H groups in total. The Morgan fingerprint density at radius 3 is 2.44 bits per heavy atom. The zero-order valence-electron chi connectivity index (χ0n) is 18.4. The van der Waals surface area contributed by atoms with Crippen molar-refractivity contribution in [3.63, 3.8) is 0 Å². The third kappa shape index (κ3) is 4.43. The quantitative estimate of drug-likeness (QED) is 0.328. The summed E-state index contributed by atoms with van der Waals surface area (Å²) in [4.78, 5) is 4.94. The van der Waals surface area contributed by atoms with E-state index in [0.29, 0.717) is 34.5 Å². The Kier molecular flexibility index (Phi) is 6.37. The van der Waals surface area contributed by atoms with Crippen LogP contribution in [0.3, 0.4) is 0 Å². The van der Waals surface area contributed by atoms with Crippen LogP contribution < -0.4 is 19.6 Å². The molecule has 32 heavy (non-hydrogen) atoms. The molecule has 4 aromatic rings. The van der Waals surface area contributed by atoms with Crippen LogP contribution in [0.2, 0.25) is 5.02 Å². The second-order valence-corrected chi connectivity index (χ2v) is 7.64. The lowest BCUT2D eigenvalue weighted by atomic mass is 10.1. The second kappa shape index (κ2) is 9.37. The third-order valence-corrected chi connectivity index (χ3v) is 5.33. The number of nitrogens with zero attached hydrogens (tertiary/aromatic N) is 1. The number of aryl methyl sites for hydroxylation is 1. The Bertz CT molecular complexity index is 1340. The van der Waals surface area contributed by atoms with Crippen molar-refractivity contribution in [1.82, 2.24) is 0 Å². The van der Waals surface area contributed by atoms with Crippen molar-refractivity contribution in [2.24, 2.45) is 4.99 Å². The normalized spacial score (nSPS) is 11.6. The van der Waals surface area contributed by atoms with Gasteiger partial charge in [-0.3, -0.25) is 0 Å². The Balaban J connectivity index is 1.97. The molecular formula is C26H24ClNO4. The van der Waals surface area contributed by atoms with Gasteiger partial charge in [-0.25, -0.2) is 4.99 Å². The van der Waals surface area contributed by atoms with Crippen LogP contribution in [0.5, 0.6) is 17.2 Å². The summed E-state index contributed by atoms with van der Waals surface area (Å²) in [5.74, 6) is 2.70. The van der Waals surface area contributed by atoms with Crippen LogP contribution in [0.25, 0.3) is 22.3 Å². The molecule has 4 rings (SSSR count). The average Bonchev–Trinajstić information content (AvgIpc) is 2.80. The number of fused-ring (bicyclic) bond motifs is 1. The molecule has 5 nitrogen and oxygen atoms in total. The summed E-state index contributed by atoms with van der Waals surface area (Å²) >= 11 is 6.13. The third-order valence-electron chi connectivity index (χ3n) is 5.09. The molecule has 1 heterocycles. The lowest BCUT2D eigenvalue weighted by Gasteiger charge is -2.11. The van der Waals surface area contributed by atoms with Crippen LogP contribution in [0.1, 0.15) is 12.5 Å². The van der Waals surface area contributed by atoms with Gasteiger partial charge in [0.1, 0.15) is 17.1 Å². The predicted molar refractivity (Wildman–Crippen MR) is 127 cm³/mol. The minimum Gasteiger partial charge on any atom is -0.494 e. The summed E-state index contributed by atoms with van der Waals surface area (Å²) in [6, 6.07) is 19.0. The van der Waals surface area contributed by atoms with Gasteiger partial charge in [-0.2, -0.15) is 0 Å². The van der Waals surface area contributed by atoms with Gasteiger partial charge in [0, 0.05) is 22.0 Å². The molecular weight excluding hydrogens is 426 g/mol. The fraction of sp³-hybridized carbons (Fsp3) is 0.192. The SMILES string of the molecule is CCOc1ccc2oc(-c3ccc(OC)c(OC)c3)cc(=Nc3ccc(Cl)cc3C)c2c1. The number of hydrogen-bond donors (Lipinski definition) is 0. The first-order valence-electron chi connectivity index (χ1n) is 10.3. The Hall–Kier alpha value is -3.44. The van der Waals surface area contributed by atoms with E-state index in [9.17, 15) is 0 Å². The minimum absolute atomic E-state index is 0.579. The molecule has 164 valence electrons. The van der Waals surface area contributed by atoms with Crippen LogP contribution in [0.15, 0.2) is 70.1 Å². The molecule has 0 atom stereocenters. The number of benzene rings is 3. The fourth-order valence-corrected chi connectivity index (χ4v) is 3.73. The van der Waals surface area contributed by atoms with Gasteiger partial charge in [0.15, 0.2) is 11.5 Å². The van der Waals surface area contributed by atoms with Crippen molar-refractivity contribution in [3.05, 3.63) is 76.6 Å². The lowest BCUT2D eigenvalue weighted by molar-refractivity contribution is 0.340. The molecule has 0 saturated carbocycles. The molecule has 0 bridgehead atoms. The molecule has 1 aromatic heterocycles. The van der Waals surface area contributed by atoms with Crippen molar-refractivity contribution in [2.45, 2.75) is 13.8 Å². The molecule has 0 aliphatic carbocycles. The van der Waals surface area contributed by atoms with Gasteiger partial charge in [0.2, 0.25) is 0 Å². The van der Waals surface area contributed by atoms with E-state index in [0.717, 1.165) is 33.3 Å². The summed E-state index contributed by atoms with van der Waals surface area (Å²) in [6.45, 7) is 4.52. The van der Waals surface area contributed by atoms with Gasteiger partial charge >= 0.3 is 0 Å². The highest BCUT2D eigenvalue weighted by Gasteiger charge is 2.11. The molecule has 3 aromatic carbocycles. The maximum Gasteiger partial charge on any atom is 0.161 e. The van der Waals surface area contributed by atoms with Crippen LogP contribution in [0, 0.1) is 6.92 Å². The average molecular weight is 450 g/mol. The molecule has 0 fully saturated rings. The molecule has 0 aliphatic rings. The first kappa shape index (κ1) is 21.8. The molecule has 0 radical (unpaired) electrons. The zero-order chi connectivity index (χ0) is 22.7. The van der Waals surface area contributed by atoms with Gasteiger partial charge < -0.3 is 18.6 Å². The van der Waals surface area contributed by atoms with Crippen molar-refractivity contribution in [1.29, 1.82) is 0 Å². The monoisotopic (exact) mass is 449 g/mol. The standard InChI is InChI=1S/C26H24ClNO4/c1-5-31-19-8-11-23-20(14-19)22(28-21-9-7-18(27)12-16(21)2)15-25(32-23)17-6-10-24(29-3)26(13-17)30-4/h6-15H,5H2,1-4H3. The smallest absolute Gasteiger partial charge is 0.161 e. The van der Waals surface area contributed by atoms with E-state index in [1.54, 1.807) is 14.2 Å². The molecule has 0 aliphatic heterocycles. The van der Waals surface area contributed by atoms with Crippen molar-refractivity contribution >= 4 is 28.3 Å².